The van der Waals surface area contributed by atoms with Crippen LogP contribution in [-0.2, 0) is 9.59 Å². The lowest BCUT2D eigenvalue weighted by atomic mass is 9.92. The summed E-state index contributed by atoms with van der Waals surface area (Å²) < 4.78 is 0. The van der Waals surface area contributed by atoms with Gasteiger partial charge in [-0.05, 0) is 56.8 Å². The summed E-state index contributed by atoms with van der Waals surface area (Å²) in [5.74, 6) is -0.591. The standard InChI is InChI=1S/C17H22Cl2N2O3/c1-11(17(24)20-15-9-13(18)5-6-14(15)19)21-8-2-3-12(10-21)4-7-16(22)23/h5-6,9,11-12H,2-4,7-8,10H2,1H3,(H,20,24)(H,22,23). The van der Waals surface area contributed by atoms with Gasteiger partial charge in [0, 0.05) is 18.0 Å². The maximum absolute atomic E-state index is 12.5. The summed E-state index contributed by atoms with van der Waals surface area (Å²) in [6, 6.07) is 4.63. The summed E-state index contributed by atoms with van der Waals surface area (Å²) in [4.78, 5) is 25.3. The number of hydrogen-bond acceptors (Lipinski definition) is 3. The van der Waals surface area contributed by atoms with Crippen molar-refractivity contribution in [3.05, 3.63) is 28.2 Å². The van der Waals surface area contributed by atoms with E-state index in [1.807, 2.05) is 6.92 Å². The van der Waals surface area contributed by atoms with Crippen LogP contribution in [0.3, 0.4) is 0 Å². The Labute approximate surface area is 151 Å². The fourth-order valence-corrected chi connectivity index (χ4v) is 3.35. The number of amides is 1. The SMILES string of the molecule is CC(C(=O)Nc1cc(Cl)ccc1Cl)N1CCCC(CCC(=O)O)C1. The lowest BCUT2D eigenvalue weighted by Crippen LogP contribution is -2.47. The lowest BCUT2D eigenvalue weighted by Gasteiger charge is -2.36. The maximum Gasteiger partial charge on any atom is 0.303 e. The number of nitrogens with zero attached hydrogens (tertiary/aromatic N) is 1. The van der Waals surface area contributed by atoms with Crippen molar-refractivity contribution in [2.45, 2.75) is 38.6 Å². The highest BCUT2D eigenvalue weighted by Crippen LogP contribution is 2.27. The number of carbonyl (C=O) groups excluding carboxylic acids is 1. The van der Waals surface area contributed by atoms with Gasteiger partial charge in [0.1, 0.15) is 0 Å². The molecule has 24 heavy (non-hydrogen) atoms. The number of piperidine rings is 1. The molecule has 1 fully saturated rings. The molecule has 1 heterocycles. The Bertz CT molecular complexity index is 609. The molecule has 1 saturated heterocycles. The highest BCUT2D eigenvalue weighted by atomic mass is 35.5. The van der Waals surface area contributed by atoms with Crippen LogP contribution in [0.25, 0.3) is 0 Å². The maximum atomic E-state index is 12.5. The third-order valence-corrected chi connectivity index (χ3v) is 4.99. The van der Waals surface area contributed by atoms with Crippen LogP contribution in [0, 0.1) is 5.92 Å². The van der Waals surface area contributed by atoms with E-state index in [0.717, 1.165) is 25.9 Å². The molecule has 0 aromatic heterocycles. The molecule has 132 valence electrons. The first kappa shape index (κ1) is 19.0. The summed E-state index contributed by atoms with van der Waals surface area (Å²) >= 11 is 12.0. The van der Waals surface area contributed by atoms with Crippen molar-refractivity contribution in [1.82, 2.24) is 4.90 Å². The molecule has 0 saturated carbocycles. The number of nitrogens with one attached hydrogen (secondary N) is 1. The van der Waals surface area contributed by atoms with E-state index in [4.69, 9.17) is 28.3 Å². The van der Waals surface area contributed by atoms with Gasteiger partial charge in [-0.2, -0.15) is 0 Å². The van der Waals surface area contributed by atoms with Gasteiger partial charge in [-0.1, -0.05) is 23.2 Å². The first-order valence-corrected chi connectivity index (χ1v) is 8.84. The minimum Gasteiger partial charge on any atom is -0.481 e. The first-order valence-electron chi connectivity index (χ1n) is 8.08. The molecule has 1 aromatic rings. The van der Waals surface area contributed by atoms with E-state index in [1.54, 1.807) is 18.2 Å². The predicted molar refractivity (Wildman–Crippen MR) is 95.7 cm³/mol. The Morgan fingerprint density at radius 3 is 2.88 bits per heavy atom. The second-order valence-corrected chi connectivity index (χ2v) is 7.07. The van der Waals surface area contributed by atoms with E-state index in [-0.39, 0.29) is 18.4 Å². The summed E-state index contributed by atoms with van der Waals surface area (Å²) in [5.41, 5.74) is 0.500. The Morgan fingerprint density at radius 2 is 2.17 bits per heavy atom. The average molecular weight is 373 g/mol. The topological polar surface area (TPSA) is 69.6 Å². The number of anilines is 1. The van der Waals surface area contributed by atoms with Crippen LogP contribution >= 0.6 is 23.2 Å². The van der Waals surface area contributed by atoms with E-state index in [1.165, 1.54) is 0 Å². The summed E-state index contributed by atoms with van der Waals surface area (Å²) in [6.07, 6.45) is 2.82. The number of carbonyl (C=O) groups is 2. The summed E-state index contributed by atoms with van der Waals surface area (Å²) in [5, 5.41) is 12.6. The van der Waals surface area contributed by atoms with Gasteiger partial charge in [0.05, 0.1) is 16.8 Å². The minimum atomic E-state index is -0.770. The van der Waals surface area contributed by atoms with Crippen LogP contribution in [-0.4, -0.2) is 41.0 Å². The Hall–Kier alpha value is -1.30. The second kappa shape index (κ2) is 8.70. The molecule has 0 spiro atoms. The zero-order chi connectivity index (χ0) is 17.7. The highest BCUT2D eigenvalue weighted by molar-refractivity contribution is 6.35. The van der Waals surface area contributed by atoms with Crippen molar-refractivity contribution in [3.63, 3.8) is 0 Å². The third-order valence-electron chi connectivity index (χ3n) is 4.43. The van der Waals surface area contributed by atoms with Crippen molar-refractivity contribution in [2.24, 2.45) is 5.92 Å². The molecular weight excluding hydrogens is 351 g/mol. The smallest absolute Gasteiger partial charge is 0.303 e. The number of aliphatic carboxylic acids is 1. The Morgan fingerprint density at radius 1 is 1.42 bits per heavy atom. The van der Waals surface area contributed by atoms with Crippen molar-refractivity contribution in [2.75, 3.05) is 18.4 Å². The normalized spacial score (nSPS) is 19.7. The minimum absolute atomic E-state index is 0.141. The molecule has 1 aromatic carbocycles. The molecule has 2 rings (SSSR count). The van der Waals surface area contributed by atoms with E-state index >= 15 is 0 Å². The largest absolute Gasteiger partial charge is 0.481 e. The van der Waals surface area contributed by atoms with Crippen LogP contribution in [0.15, 0.2) is 18.2 Å². The van der Waals surface area contributed by atoms with E-state index in [2.05, 4.69) is 10.2 Å². The Kier molecular flexibility index (Phi) is 6.90. The summed E-state index contributed by atoms with van der Waals surface area (Å²) in [6.45, 7) is 3.43. The number of halogens is 2. The van der Waals surface area contributed by atoms with E-state index < -0.39 is 5.97 Å². The van der Waals surface area contributed by atoms with Crippen LogP contribution in [0.2, 0.25) is 10.0 Å². The van der Waals surface area contributed by atoms with Gasteiger partial charge in [-0.3, -0.25) is 14.5 Å². The molecule has 0 bridgehead atoms. The fourth-order valence-electron chi connectivity index (χ4n) is 3.01. The first-order chi connectivity index (χ1) is 11.4. The highest BCUT2D eigenvalue weighted by Gasteiger charge is 2.27. The van der Waals surface area contributed by atoms with Gasteiger partial charge in [-0.15, -0.1) is 0 Å². The monoisotopic (exact) mass is 372 g/mol. The number of carboxylic acids is 1. The molecule has 1 aliphatic rings. The molecule has 2 N–H and O–H groups in total. The number of likely N-dealkylation sites (tertiary alicyclic amines) is 1. The number of carboxylic acid groups (broad SMARTS) is 1. The van der Waals surface area contributed by atoms with Gasteiger partial charge in [0.2, 0.25) is 5.91 Å². The quantitative estimate of drug-likeness (QED) is 0.794. The fraction of sp³-hybridized carbons (Fsp3) is 0.529. The average Bonchev–Trinajstić information content (AvgIpc) is 2.55. The second-order valence-electron chi connectivity index (χ2n) is 6.22. The molecule has 7 heteroatoms. The van der Waals surface area contributed by atoms with Crippen LogP contribution in [0.1, 0.15) is 32.6 Å². The zero-order valence-electron chi connectivity index (χ0n) is 13.6. The van der Waals surface area contributed by atoms with Crippen molar-refractivity contribution in [3.8, 4) is 0 Å². The molecule has 1 amide bonds. The summed E-state index contributed by atoms with van der Waals surface area (Å²) in [7, 11) is 0. The predicted octanol–water partition coefficient (Wildman–Crippen LogP) is 3.90. The van der Waals surface area contributed by atoms with Gasteiger partial charge in [0.15, 0.2) is 0 Å². The molecule has 0 radical (unpaired) electrons. The van der Waals surface area contributed by atoms with Crippen molar-refractivity contribution < 1.29 is 14.7 Å². The van der Waals surface area contributed by atoms with Crippen LogP contribution in [0.5, 0.6) is 0 Å². The molecule has 1 aliphatic heterocycles. The van der Waals surface area contributed by atoms with Crippen LogP contribution in [0.4, 0.5) is 5.69 Å². The van der Waals surface area contributed by atoms with Gasteiger partial charge in [-0.25, -0.2) is 0 Å². The lowest BCUT2D eigenvalue weighted by molar-refractivity contribution is -0.137. The molecule has 0 aliphatic carbocycles. The van der Waals surface area contributed by atoms with Crippen LogP contribution < -0.4 is 5.32 Å². The van der Waals surface area contributed by atoms with E-state index in [0.29, 0.717) is 28.1 Å². The van der Waals surface area contributed by atoms with Gasteiger partial charge < -0.3 is 10.4 Å². The number of rotatable bonds is 6. The molecule has 5 nitrogen and oxygen atoms in total. The molecular formula is C17H22Cl2N2O3. The van der Waals surface area contributed by atoms with Gasteiger partial charge >= 0.3 is 5.97 Å². The molecule has 2 atom stereocenters. The number of hydrogen-bond donors (Lipinski definition) is 2. The van der Waals surface area contributed by atoms with Gasteiger partial charge in [0.25, 0.3) is 0 Å². The van der Waals surface area contributed by atoms with E-state index in [9.17, 15) is 9.59 Å². The van der Waals surface area contributed by atoms with Crippen molar-refractivity contribution >= 4 is 40.8 Å². The number of benzene rings is 1. The molecule has 2 unspecified atom stereocenters. The zero-order valence-corrected chi connectivity index (χ0v) is 15.1. The van der Waals surface area contributed by atoms with Crippen molar-refractivity contribution in [1.29, 1.82) is 0 Å². The Balaban J connectivity index is 1.94. The third kappa shape index (κ3) is 5.36.